The fourth-order valence-electron chi connectivity index (χ4n) is 2.74. The molecule has 2 aromatic rings. The average Bonchev–Trinajstić information content (AvgIpc) is 2.52. The zero-order chi connectivity index (χ0) is 15.9. The normalized spacial score (nSPS) is 12.3. The van der Waals surface area contributed by atoms with E-state index in [-0.39, 0.29) is 11.8 Å². The Morgan fingerprint density at radius 1 is 1.05 bits per heavy atom. The molecule has 0 bridgehead atoms. The van der Waals surface area contributed by atoms with Crippen molar-refractivity contribution in [1.82, 2.24) is 4.90 Å². The summed E-state index contributed by atoms with van der Waals surface area (Å²) in [7, 11) is 4.08. The van der Waals surface area contributed by atoms with Gasteiger partial charge in [0.2, 0.25) is 5.91 Å². The molecule has 2 aromatic carbocycles. The van der Waals surface area contributed by atoms with Crippen LogP contribution in [-0.4, -0.2) is 31.4 Å². The number of nitrogens with two attached hydrogens (primary N) is 1. The van der Waals surface area contributed by atoms with E-state index >= 15 is 0 Å². The smallest absolute Gasteiger partial charge is 0.224 e. The fraction of sp³-hybridized carbons (Fsp3) is 0.316. The third-order valence-corrected chi connectivity index (χ3v) is 3.86. The van der Waals surface area contributed by atoms with E-state index in [1.165, 1.54) is 0 Å². The van der Waals surface area contributed by atoms with Gasteiger partial charge < -0.3 is 10.6 Å². The van der Waals surface area contributed by atoms with Crippen LogP contribution >= 0.6 is 0 Å². The van der Waals surface area contributed by atoms with Gasteiger partial charge in [-0.15, -0.1) is 0 Å². The lowest BCUT2D eigenvalue weighted by molar-refractivity contribution is -0.119. The van der Waals surface area contributed by atoms with Crippen LogP contribution in [0.15, 0.2) is 54.6 Å². The van der Waals surface area contributed by atoms with E-state index in [9.17, 15) is 4.79 Å². The van der Waals surface area contributed by atoms with Gasteiger partial charge in [-0.05, 0) is 50.2 Å². The Kier molecular flexibility index (Phi) is 5.73. The highest BCUT2D eigenvalue weighted by molar-refractivity contribution is 5.85. The number of hydrogen-bond acceptors (Lipinski definition) is 2. The molecule has 0 aliphatic rings. The zero-order valence-electron chi connectivity index (χ0n) is 13.3. The summed E-state index contributed by atoms with van der Waals surface area (Å²) in [6.45, 7) is 0.956. The minimum atomic E-state index is -0.248. The molecule has 0 spiro atoms. The van der Waals surface area contributed by atoms with Gasteiger partial charge in [0.1, 0.15) is 0 Å². The maximum absolute atomic E-state index is 12.0. The van der Waals surface area contributed by atoms with Crippen LogP contribution < -0.4 is 5.73 Å². The fourth-order valence-corrected chi connectivity index (χ4v) is 2.74. The van der Waals surface area contributed by atoms with E-state index in [0.717, 1.165) is 36.1 Å². The topological polar surface area (TPSA) is 46.3 Å². The molecule has 3 nitrogen and oxygen atoms in total. The lowest BCUT2D eigenvalue weighted by atomic mass is 9.87. The predicted octanol–water partition coefficient (Wildman–Crippen LogP) is 3.26. The van der Waals surface area contributed by atoms with Crippen molar-refractivity contribution in [3.05, 3.63) is 60.2 Å². The number of amides is 1. The van der Waals surface area contributed by atoms with Crippen LogP contribution in [0.25, 0.3) is 11.1 Å². The standard InChI is InChI=1S/C19H24N2O/c1-21(2)14-8-13-18(19(20)22)17-12-7-6-11-16(17)15-9-4-3-5-10-15/h3-7,9-12,18H,8,13-14H2,1-2H3,(H2,20,22). The summed E-state index contributed by atoms with van der Waals surface area (Å²) in [5.74, 6) is -0.488. The summed E-state index contributed by atoms with van der Waals surface area (Å²) in [6.07, 6.45) is 1.72. The Morgan fingerprint density at radius 2 is 1.68 bits per heavy atom. The monoisotopic (exact) mass is 296 g/mol. The maximum atomic E-state index is 12.0. The molecule has 0 aliphatic carbocycles. The molecule has 0 aromatic heterocycles. The molecule has 1 amide bonds. The summed E-state index contributed by atoms with van der Waals surface area (Å²) in [5, 5.41) is 0. The van der Waals surface area contributed by atoms with Gasteiger partial charge >= 0.3 is 0 Å². The van der Waals surface area contributed by atoms with Gasteiger partial charge in [0.15, 0.2) is 0 Å². The predicted molar refractivity (Wildman–Crippen MR) is 91.6 cm³/mol. The highest BCUT2D eigenvalue weighted by Crippen LogP contribution is 2.31. The Balaban J connectivity index is 2.30. The van der Waals surface area contributed by atoms with Gasteiger partial charge in [-0.25, -0.2) is 0 Å². The second-order valence-corrected chi connectivity index (χ2v) is 5.85. The zero-order valence-corrected chi connectivity index (χ0v) is 13.3. The van der Waals surface area contributed by atoms with Crippen LogP contribution in [0.3, 0.4) is 0 Å². The van der Waals surface area contributed by atoms with Crippen LogP contribution in [0.1, 0.15) is 24.3 Å². The van der Waals surface area contributed by atoms with Crippen LogP contribution in [0.5, 0.6) is 0 Å². The molecule has 0 saturated heterocycles. The van der Waals surface area contributed by atoms with Crippen LogP contribution in [-0.2, 0) is 4.79 Å². The maximum Gasteiger partial charge on any atom is 0.224 e. The first-order valence-electron chi connectivity index (χ1n) is 7.68. The minimum Gasteiger partial charge on any atom is -0.369 e. The van der Waals surface area contributed by atoms with Crippen molar-refractivity contribution in [2.75, 3.05) is 20.6 Å². The van der Waals surface area contributed by atoms with Gasteiger partial charge in [-0.3, -0.25) is 4.79 Å². The molecule has 116 valence electrons. The van der Waals surface area contributed by atoms with Crippen molar-refractivity contribution >= 4 is 5.91 Å². The Morgan fingerprint density at radius 3 is 2.32 bits per heavy atom. The molecular weight excluding hydrogens is 272 g/mol. The molecule has 0 fully saturated rings. The molecular formula is C19H24N2O. The molecule has 0 aliphatic heterocycles. The van der Waals surface area contributed by atoms with E-state index in [2.05, 4.69) is 23.1 Å². The van der Waals surface area contributed by atoms with Crippen molar-refractivity contribution in [1.29, 1.82) is 0 Å². The highest BCUT2D eigenvalue weighted by atomic mass is 16.1. The second kappa shape index (κ2) is 7.76. The summed E-state index contributed by atoms with van der Waals surface area (Å²) in [4.78, 5) is 14.1. The molecule has 3 heteroatoms. The van der Waals surface area contributed by atoms with Crippen molar-refractivity contribution in [2.45, 2.75) is 18.8 Å². The van der Waals surface area contributed by atoms with Crippen molar-refractivity contribution in [3.8, 4) is 11.1 Å². The first kappa shape index (κ1) is 16.2. The summed E-state index contributed by atoms with van der Waals surface area (Å²) in [5.41, 5.74) is 8.92. The lowest BCUT2D eigenvalue weighted by Crippen LogP contribution is -2.23. The number of carbonyl (C=O) groups excluding carboxylic acids is 1. The molecule has 22 heavy (non-hydrogen) atoms. The van der Waals surface area contributed by atoms with Gasteiger partial charge in [-0.2, -0.15) is 0 Å². The number of rotatable bonds is 7. The number of benzene rings is 2. The van der Waals surface area contributed by atoms with Crippen LogP contribution in [0, 0.1) is 0 Å². The van der Waals surface area contributed by atoms with E-state index in [1.54, 1.807) is 0 Å². The summed E-state index contributed by atoms with van der Waals surface area (Å²) < 4.78 is 0. The van der Waals surface area contributed by atoms with Gasteiger partial charge in [0.05, 0.1) is 5.92 Å². The van der Waals surface area contributed by atoms with Crippen LogP contribution in [0.2, 0.25) is 0 Å². The molecule has 2 rings (SSSR count). The average molecular weight is 296 g/mol. The number of primary amides is 1. The number of nitrogens with zero attached hydrogens (tertiary/aromatic N) is 1. The summed E-state index contributed by atoms with van der Waals surface area (Å²) >= 11 is 0. The second-order valence-electron chi connectivity index (χ2n) is 5.85. The summed E-state index contributed by atoms with van der Waals surface area (Å²) in [6, 6.07) is 18.2. The Bertz CT molecular complexity index is 608. The minimum absolute atomic E-state index is 0.239. The Hall–Kier alpha value is -2.13. The lowest BCUT2D eigenvalue weighted by Gasteiger charge is -2.19. The van der Waals surface area contributed by atoms with Crippen LogP contribution in [0.4, 0.5) is 0 Å². The van der Waals surface area contributed by atoms with Crippen molar-refractivity contribution in [2.24, 2.45) is 5.73 Å². The van der Waals surface area contributed by atoms with Crippen molar-refractivity contribution in [3.63, 3.8) is 0 Å². The quantitative estimate of drug-likeness (QED) is 0.852. The SMILES string of the molecule is CN(C)CCCC(C(N)=O)c1ccccc1-c1ccccc1. The first-order valence-corrected chi connectivity index (χ1v) is 7.68. The molecule has 0 heterocycles. The molecule has 0 radical (unpaired) electrons. The van der Waals surface area contributed by atoms with E-state index in [1.807, 2.05) is 50.5 Å². The number of hydrogen-bond donors (Lipinski definition) is 1. The molecule has 1 unspecified atom stereocenters. The van der Waals surface area contributed by atoms with Gasteiger partial charge in [0, 0.05) is 0 Å². The molecule has 2 N–H and O–H groups in total. The third-order valence-electron chi connectivity index (χ3n) is 3.86. The van der Waals surface area contributed by atoms with Gasteiger partial charge in [-0.1, -0.05) is 54.6 Å². The van der Waals surface area contributed by atoms with E-state index in [4.69, 9.17) is 5.73 Å². The molecule has 0 saturated carbocycles. The third kappa shape index (κ3) is 4.18. The highest BCUT2D eigenvalue weighted by Gasteiger charge is 2.20. The number of carbonyl (C=O) groups is 1. The van der Waals surface area contributed by atoms with E-state index in [0.29, 0.717) is 0 Å². The van der Waals surface area contributed by atoms with E-state index < -0.39 is 0 Å². The van der Waals surface area contributed by atoms with Gasteiger partial charge in [0.25, 0.3) is 0 Å². The first-order chi connectivity index (χ1) is 10.6. The van der Waals surface area contributed by atoms with Crippen molar-refractivity contribution < 1.29 is 4.79 Å². The Labute approximate surface area is 132 Å². The molecule has 1 atom stereocenters. The largest absolute Gasteiger partial charge is 0.369 e.